The maximum atomic E-state index is 2.33. The lowest BCUT2D eigenvalue weighted by atomic mass is 9.91. The molecule has 0 aromatic heterocycles. The molecule has 0 nitrogen and oxygen atoms in total. The molecule has 1 unspecified atom stereocenters. The molecule has 0 aromatic carbocycles. The molecule has 0 radical (unpaired) electrons. The molecule has 0 bridgehead atoms. The fourth-order valence-electron chi connectivity index (χ4n) is 2.37. The molecule has 0 N–H and O–H groups in total. The van der Waals surface area contributed by atoms with Gasteiger partial charge in [0, 0.05) is 0 Å². The lowest BCUT2D eigenvalue weighted by Crippen LogP contribution is -2.00. The highest BCUT2D eigenvalue weighted by molar-refractivity contribution is 4.59. The van der Waals surface area contributed by atoms with Crippen molar-refractivity contribution < 1.29 is 0 Å². The van der Waals surface area contributed by atoms with E-state index in [9.17, 15) is 0 Å². The first-order chi connectivity index (χ1) is 8.35. The molecule has 0 heterocycles. The molecule has 0 aliphatic heterocycles. The number of rotatable bonds is 11. The van der Waals surface area contributed by atoms with Crippen molar-refractivity contribution in [3.05, 3.63) is 0 Å². The third-order valence-corrected chi connectivity index (χ3v) is 3.38. The summed E-state index contributed by atoms with van der Waals surface area (Å²) < 4.78 is 0. The molecule has 0 rings (SSSR count). The van der Waals surface area contributed by atoms with Crippen LogP contribution in [-0.2, 0) is 0 Å². The van der Waals surface area contributed by atoms with Gasteiger partial charge in [-0.2, -0.15) is 0 Å². The van der Waals surface area contributed by atoms with Gasteiger partial charge in [-0.05, 0) is 5.92 Å². The molecule has 106 valence electrons. The molecule has 0 saturated carbocycles. The lowest BCUT2D eigenvalue weighted by Gasteiger charge is -2.15. The van der Waals surface area contributed by atoms with Crippen molar-refractivity contribution in [1.29, 1.82) is 0 Å². The van der Waals surface area contributed by atoms with Crippen molar-refractivity contribution >= 4 is 0 Å². The second kappa shape index (κ2) is 18.4. The zero-order valence-corrected chi connectivity index (χ0v) is 13.4. The average molecular weight is 242 g/mol. The van der Waals surface area contributed by atoms with Crippen LogP contribution in [0.3, 0.4) is 0 Å². The average Bonchev–Trinajstić information content (AvgIpc) is 2.38. The Bertz CT molecular complexity index is 107. The van der Waals surface area contributed by atoms with Gasteiger partial charge < -0.3 is 0 Å². The molecular formula is C17H38. The van der Waals surface area contributed by atoms with Crippen LogP contribution in [0.25, 0.3) is 0 Å². The van der Waals surface area contributed by atoms with Crippen LogP contribution in [0.15, 0.2) is 0 Å². The SMILES string of the molecule is CC.CCCCCCCC(CCC)CCCC. The molecule has 0 amide bonds. The molecular weight excluding hydrogens is 204 g/mol. The van der Waals surface area contributed by atoms with Crippen molar-refractivity contribution in [2.45, 2.75) is 105 Å². The summed E-state index contributed by atoms with van der Waals surface area (Å²) in [7, 11) is 0. The first-order valence-electron chi connectivity index (χ1n) is 8.35. The Hall–Kier alpha value is 0. The van der Waals surface area contributed by atoms with Crippen molar-refractivity contribution in [1.82, 2.24) is 0 Å². The van der Waals surface area contributed by atoms with E-state index >= 15 is 0 Å². The van der Waals surface area contributed by atoms with Gasteiger partial charge in [0.15, 0.2) is 0 Å². The highest BCUT2D eigenvalue weighted by atomic mass is 14.1. The first-order valence-corrected chi connectivity index (χ1v) is 8.35. The van der Waals surface area contributed by atoms with Crippen molar-refractivity contribution in [3.63, 3.8) is 0 Å². The summed E-state index contributed by atoms with van der Waals surface area (Å²) >= 11 is 0. The van der Waals surface area contributed by atoms with Gasteiger partial charge in [0.1, 0.15) is 0 Å². The smallest absolute Gasteiger partial charge is 0.0414 e. The largest absolute Gasteiger partial charge is 0.0683 e. The van der Waals surface area contributed by atoms with E-state index in [0.717, 1.165) is 5.92 Å². The van der Waals surface area contributed by atoms with E-state index in [1.807, 2.05) is 13.8 Å². The second-order valence-corrected chi connectivity index (χ2v) is 5.00. The van der Waals surface area contributed by atoms with Gasteiger partial charge in [-0.15, -0.1) is 0 Å². The van der Waals surface area contributed by atoms with Crippen LogP contribution in [0.1, 0.15) is 105 Å². The van der Waals surface area contributed by atoms with Gasteiger partial charge in [-0.3, -0.25) is 0 Å². The Kier molecular flexibility index (Phi) is 20.9. The summed E-state index contributed by atoms with van der Waals surface area (Å²) in [6, 6.07) is 0. The highest BCUT2D eigenvalue weighted by Crippen LogP contribution is 2.21. The molecule has 0 spiro atoms. The summed E-state index contributed by atoms with van der Waals surface area (Å²) in [5, 5.41) is 0. The summed E-state index contributed by atoms with van der Waals surface area (Å²) in [4.78, 5) is 0. The van der Waals surface area contributed by atoms with Crippen LogP contribution in [0.2, 0.25) is 0 Å². The molecule has 0 heteroatoms. The minimum atomic E-state index is 1.04. The molecule has 0 saturated heterocycles. The molecule has 0 aliphatic rings. The summed E-state index contributed by atoms with van der Waals surface area (Å²) in [5.41, 5.74) is 0. The van der Waals surface area contributed by atoms with E-state index < -0.39 is 0 Å². The van der Waals surface area contributed by atoms with Crippen molar-refractivity contribution in [2.75, 3.05) is 0 Å². The minimum absolute atomic E-state index is 1.04. The standard InChI is InChI=1S/C15H32.C2H6/c1-4-7-9-10-11-14-15(12-6-3)13-8-5-2;1-2/h15H,4-14H2,1-3H3;1-2H3. The molecule has 0 aliphatic carbocycles. The van der Waals surface area contributed by atoms with E-state index in [1.165, 1.54) is 70.6 Å². The topological polar surface area (TPSA) is 0 Å². The maximum absolute atomic E-state index is 2.33. The highest BCUT2D eigenvalue weighted by Gasteiger charge is 2.06. The van der Waals surface area contributed by atoms with E-state index in [2.05, 4.69) is 20.8 Å². The predicted octanol–water partition coefficient (Wildman–Crippen LogP) is 6.98. The van der Waals surface area contributed by atoms with Crippen molar-refractivity contribution in [2.24, 2.45) is 5.92 Å². The number of hydrogen-bond donors (Lipinski definition) is 0. The van der Waals surface area contributed by atoms with Crippen LogP contribution in [0.5, 0.6) is 0 Å². The fourth-order valence-corrected chi connectivity index (χ4v) is 2.37. The summed E-state index contributed by atoms with van der Waals surface area (Å²) in [6.45, 7) is 10.9. The fraction of sp³-hybridized carbons (Fsp3) is 1.00. The molecule has 0 fully saturated rings. The zero-order chi connectivity index (χ0) is 13.4. The van der Waals surface area contributed by atoms with E-state index in [1.54, 1.807) is 0 Å². The van der Waals surface area contributed by atoms with Crippen LogP contribution in [0.4, 0.5) is 0 Å². The molecule has 0 aromatic rings. The maximum Gasteiger partial charge on any atom is -0.0414 e. The normalized spacial score (nSPS) is 11.8. The van der Waals surface area contributed by atoms with Crippen LogP contribution < -0.4 is 0 Å². The van der Waals surface area contributed by atoms with Gasteiger partial charge >= 0.3 is 0 Å². The lowest BCUT2D eigenvalue weighted by molar-refractivity contribution is 0.384. The Labute approximate surface area is 112 Å². The Balaban J connectivity index is 0. The zero-order valence-electron chi connectivity index (χ0n) is 13.4. The molecule has 1 atom stereocenters. The van der Waals surface area contributed by atoms with Gasteiger partial charge in [-0.25, -0.2) is 0 Å². The second-order valence-electron chi connectivity index (χ2n) is 5.00. The third-order valence-electron chi connectivity index (χ3n) is 3.38. The van der Waals surface area contributed by atoms with Gasteiger partial charge in [0.25, 0.3) is 0 Å². The Morgan fingerprint density at radius 1 is 0.529 bits per heavy atom. The van der Waals surface area contributed by atoms with E-state index in [4.69, 9.17) is 0 Å². The van der Waals surface area contributed by atoms with Crippen LogP contribution in [0, 0.1) is 5.92 Å². The van der Waals surface area contributed by atoms with E-state index in [0.29, 0.717) is 0 Å². The summed E-state index contributed by atoms with van der Waals surface area (Å²) in [5.74, 6) is 1.04. The predicted molar refractivity (Wildman–Crippen MR) is 82.6 cm³/mol. The quantitative estimate of drug-likeness (QED) is 0.343. The minimum Gasteiger partial charge on any atom is -0.0683 e. The van der Waals surface area contributed by atoms with Gasteiger partial charge in [-0.1, -0.05) is 105 Å². The third kappa shape index (κ3) is 16.0. The Morgan fingerprint density at radius 2 is 1.06 bits per heavy atom. The van der Waals surface area contributed by atoms with Crippen LogP contribution >= 0.6 is 0 Å². The van der Waals surface area contributed by atoms with E-state index in [-0.39, 0.29) is 0 Å². The van der Waals surface area contributed by atoms with Gasteiger partial charge in [0.2, 0.25) is 0 Å². The number of hydrogen-bond acceptors (Lipinski definition) is 0. The first kappa shape index (κ1) is 19.3. The molecule has 17 heavy (non-hydrogen) atoms. The summed E-state index contributed by atoms with van der Waals surface area (Å²) in [6.07, 6.45) is 15.9. The van der Waals surface area contributed by atoms with Crippen molar-refractivity contribution in [3.8, 4) is 0 Å². The Morgan fingerprint density at radius 3 is 1.59 bits per heavy atom. The number of unbranched alkanes of at least 4 members (excludes halogenated alkanes) is 5. The van der Waals surface area contributed by atoms with Gasteiger partial charge in [0.05, 0.1) is 0 Å². The monoisotopic (exact) mass is 242 g/mol. The van der Waals surface area contributed by atoms with Crippen LogP contribution in [-0.4, -0.2) is 0 Å².